The van der Waals surface area contributed by atoms with Gasteiger partial charge in [-0.05, 0) is 36.4 Å². The van der Waals surface area contributed by atoms with E-state index in [2.05, 4.69) is 83.4 Å². The summed E-state index contributed by atoms with van der Waals surface area (Å²) >= 11 is 0. The Morgan fingerprint density at radius 3 is 2.14 bits per heavy atom. The molecule has 2 heterocycles. The largest absolute Gasteiger partial charge is 0.455 e. The summed E-state index contributed by atoms with van der Waals surface area (Å²) in [7, 11) is 0. The maximum atomic E-state index is 6.41. The first kappa shape index (κ1) is 15.3. The van der Waals surface area contributed by atoms with E-state index in [9.17, 15) is 0 Å². The van der Waals surface area contributed by atoms with Crippen molar-refractivity contribution < 1.29 is 4.42 Å². The van der Waals surface area contributed by atoms with Crippen molar-refractivity contribution >= 4 is 32.8 Å². The highest BCUT2D eigenvalue weighted by molar-refractivity contribution is 6.19. The van der Waals surface area contributed by atoms with Crippen molar-refractivity contribution in [1.82, 2.24) is 4.57 Å². The van der Waals surface area contributed by atoms with E-state index in [-0.39, 0.29) is 0 Å². The number of benzene rings is 4. The predicted octanol–water partition coefficient (Wildman–Crippen LogP) is 7.20. The first-order valence-electron chi connectivity index (χ1n) is 9.47. The van der Waals surface area contributed by atoms with E-state index in [1.54, 1.807) is 0 Å². The molecular weight excluding hydrogens is 342 g/mol. The van der Waals surface area contributed by atoms with E-state index in [4.69, 9.17) is 4.42 Å². The minimum absolute atomic E-state index is 0.902. The summed E-state index contributed by atoms with van der Waals surface area (Å²) in [6.07, 6.45) is 0. The molecule has 0 saturated carbocycles. The number of rotatable bonds is 2. The summed E-state index contributed by atoms with van der Waals surface area (Å²) in [4.78, 5) is 0. The van der Waals surface area contributed by atoms with Crippen LogP contribution in [0.4, 0.5) is 0 Å². The second-order valence-electron chi connectivity index (χ2n) is 7.04. The molecule has 6 rings (SSSR count). The smallest absolute Gasteiger partial charge is 0.144 e. The van der Waals surface area contributed by atoms with Crippen molar-refractivity contribution in [2.45, 2.75) is 0 Å². The van der Waals surface area contributed by atoms with Gasteiger partial charge >= 0.3 is 0 Å². The number of hydrogen-bond donors (Lipinski definition) is 0. The molecule has 0 atom stereocenters. The van der Waals surface area contributed by atoms with Crippen molar-refractivity contribution in [3.05, 3.63) is 103 Å². The van der Waals surface area contributed by atoms with Crippen LogP contribution in [0.25, 0.3) is 49.8 Å². The summed E-state index contributed by atoms with van der Waals surface area (Å²) < 4.78 is 8.73. The topological polar surface area (TPSA) is 18.1 Å². The molecule has 0 radical (unpaired) electrons. The number of nitrogens with zero attached hydrogens (tertiary/aromatic N) is 1. The Kier molecular flexibility index (Phi) is 3.20. The molecule has 28 heavy (non-hydrogen) atoms. The third kappa shape index (κ3) is 2.15. The van der Waals surface area contributed by atoms with E-state index in [0.29, 0.717) is 0 Å². The van der Waals surface area contributed by atoms with Crippen LogP contribution >= 0.6 is 0 Å². The third-order valence-corrected chi connectivity index (χ3v) is 5.39. The zero-order valence-corrected chi connectivity index (χ0v) is 15.2. The molecule has 0 aliphatic heterocycles. The zero-order chi connectivity index (χ0) is 18.5. The van der Waals surface area contributed by atoms with Crippen LogP contribution in [0.5, 0.6) is 0 Å². The highest BCUT2D eigenvalue weighted by atomic mass is 16.3. The van der Waals surface area contributed by atoms with Crippen LogP contribution in [0.2, 0.25) is 0 Å². The summed E-state index contributed by atoms with van der Waals surface area (Å²) in [5.41, 5.74) is 5.55. The molecule has 2 aromatic heterocycles. The molecule has 0 unspecified atom stereocenters. The highest BCUT2D eigenvalue weighted by Gasteiger charge is 2.17. The predicted molar refractivity (Wildman–Crippen MR) is 116 cm³/mol. The molecular formula is C26H17NO. The van der Waals surface area contributed by atoms with E-state index in [1.807, 2.05) is 24.3 Å². The van der Waals surface area contributed by atoms with Gasteiger partial charge in [-0.25, -0.2) is 0 Å². The van der Waals surface area contributed by atoms with Crippen LogP contribution in [0.15, 0.2) is 108 Å². The fourth-order valence-electron chi connectivity index (χ4n) is 4.15. The fourth-order valence-corrected chi connectivity index (χ4v) is 4.15. The molecule has 0 saturated heterocycles. The zero-order valence-electron chi connectivity index (χ0n) is 15.2. The van der Waals surface area contributed by atoms with Gasteiger partial charge in [-0.2, -0.15) is 0 Å². The Labute approximate surface area is 162 Å². The quantitative estimate of drug-likeness (QED) is 0.320. The molecule has 4 aromatic carbocycles. The first-order valence-corrected chi connectivity index (χ1v) is 9.47. The molecule has 0 aliphatic carbocycles. The van der Waals surface area contributed by atoms with E-state index < -0.39 is 0 Å². The second kappa shape index (κ2) is 5.86. The maximum Gasteiger partial charge on any atom is 0.144 e. The van der Waals surface area contributed by atoms with Crippen LogP contribution in [-0.2, 0) is 0 Å². The van der Waals surface area contributed by atoms with Crippen molar-refractivity contribution in [3.63, 3.8) is 0 Å². The Morgan fingerprint density at radius 1 is 0.607 bits per heavy atom. The molecule has 6 aromatic rings. The van der Waals surface area contributed by atoms with Gasteiger partial charge in [0.2, 0.25) is 0 Å². The minimum Gasteiger partial charge on any atom is -0.455 e. The van der Waals surface area contributed by atoms with E-state index in [1.165, 1.54) is 16.3 Å². The van der Waals surface area contributed by atoms with Crippen LogP contribution < -0.4 is 0 Å². The molecule has 0 fully saturated rings. The van der Waals surface area contributed by atoms with Gasteiger partial charge in [0.1, 0.15) is 11.3 Å². The van der Waals surface area contributed by atoms with Crippen LogP contribution in [0.1, 0.15) is 0 Å². The SMILES string of the molecule is c1ccc(-c2cc3ccc4c(c5ccccc5n4-c4ccccc4)c3o2)cc1. The number of hydrogen-bond acceptors (Lipinski definition) is 1. The minimum atomic E-state index is 0.902. The van der Waals surface area contributed by atoms with E-state index in [0.717, 1.165) is 33.5 Å². The van der Waals surface area contributed by atoms with Crippen LogP contribution in [-0.4, -0.2) is 4.57 Å². The van der Waals surface area contributed by atoms with Gasteiger partial charge in [-0.15, -0.1) is 0 Å². The van der Waals surface area contributed by atoms with Crippen molar-refractivity contribution in [2.75, 3.05) is 0 Å². The second-order valence-corrected chi connectivity index (χ2v) is 7.04. The normalized spacial score (nSPS) is 11.6. The standard InChI is InChI=1S/C26H17NO/c1-3-9-18(10-4-1)24-17-19-15-16-23-25(26(19)28-24)21-13-7-8-14-22(21)27(23)20-11-5-2-6-12-20/h1-17H. The molecule has 0 bridgehead atoms. The summed E-state index contributed by atoms with van der Waals surface area (Å²) in [5.74, 6) is 0.902. The fraction of sp³-hybridized carbons (Fsp3) is 0. The summed E-state index contributed by atoms with van der Waals surface area (Å²) in [5, 5.41) is 3.50. The average molecular weight is 359 g/mol. The van der Waals surface area contributed by atoms with Gasteiger partial charge in [0.25, 0.3) is 0 Å². The number of fused-ring (bicyclic) bond motifs is 5. The van der Waals surface area contributed by atoms with Gasteiger partial charge in [-0.1, -0.05) is 66.7 Å². The van der Waals surface area contributed by atoms with Gasteiger partial charge in [0.15, 0.2) is 0 Å². The lowest BCUT2D eigenvalue weighted by atomic mass is 10.1. The Balaban J connectivity index is 1.75. The van der Waals surface area contributed by atoms with Gasteiger partial charge in [-0.3, -0.25) is 0 Å². The van der Waals surface area contributed by atoms with E-state index >= 15 is 0 Å². The number of para-hydroxylation sites is 2. The monoisotopic (exact) mass is 359 g/mol. The van der Waals surface area contributed by atoms with Crippen LogP contribution in [0, 0.1) is 0 Å². The van der Waals surface area contributed by atoms with Crippen molar-refractivity contribution in [2.24, 2.45) is 0 Å². The Bertz CT molecular complexity index is 1440. The van der Waals surface area contributed by atoms with Crippen LogP contribution in [0.3, 0.4) is 0 Å². The Hall–Kier alpha value is -3.78. The maximum absolute atomic E-state index is 6.41. The molecule has 0 amide bonds. The first-order chi connectivity index (χ1) is 13.9. The van der Waals surface area contributed by atoms with Gasteiger partial charge in [0, 0.05) is 22.0 Å². The summed E-state index contributed by atoms with van der Waals surface area (Å²) in [6.45, 7) is 0. The van der Waals surface area contributed by atoms with Crippen molar-refractivity contribution in [3.8, 4) is 17.0 Å². The van der Waals surface area contributed by atoms with Gasteiger partial charge < -0.3 is 8.98 Å². The lowest BCUT2D eigenvalue weighted by Crippen LogP contribution is -1.92. The summed E-state index contributed by atoms with van der Waals surface area (Å²) in [6, 6.07) is 35.8. The third-order valence-electron chi connectivity index (χ3n) is 5.39. The molecule has 132 valence electrons. The molecule has 2 nitrogen and oxygen atoms in total. The average Bonchev–Trinajstić information content (AvgIpc) is 3.34. The Morgan fingerprint density at radius 2 is 1.32 bits per heavy atom. The molecule has 0 spiro atoms. The molecule has 2 heteroatoms. The molecule has 0 N–H and O–H groups in total. The van der Waals surface area contributed by atoms with Crippen molar-refractivity contribution in [1.29, 1.82) is 0 Å². The highest BCUT2D eigenvalue weighted by Crippen LogP contribution is 2.39. The lowest BCUT2D eigenvalue weighted by molar-refractivity contribution is 0.635. The molecule has 0 aliphatic rings. The van der Waals surface area contributed by atoms with Gasteiger partial charge in [0.05, 0.1) is 16.4 Å². The lowest BCUT2D eigenvalue weighted by Gasteiger charge is -2.07. The number of aromatic nitrogens is 1. The number of furan rings is 1.